The number of hydrogen-bond acceptors (Lipinski definition) is 4. The second-order valence-corrected chi connectivity index (χ2v) is 7.63. The van der Waals surface area contributed by atoms with Gasteiger partial charge in [-0.25, -0.2) is 16.3 Å². The van der Waals surface area contributed by atoms with Crippen molar-refractivity contribution in [3.05, 3.63) is 41.2 Å². The van der Waals surface area contributed by atoms with Crippen LogP contribution < -0.4 is 4.74 Å². The lowest BCUT2D eigenvalue weighted by Crippen LogP contribution is -2.54. The van der Waals surface area contributed by atoms with E-state index in [4.69, 9.17) is 11.3 Å². The first-order chi connectivity index (χ1) is 12.9. The van der Waals surface area contributed by atoms with Gasteiger partial charge in [-0.1, -0.05) is 0 Å². The molecule has 1 aromatic carbocycles. The maximum Gasteiger partial charge on any atom is 0.573 e. The molecule has 9 heteroatoms. The third-order valence-corrected chi connectivity index (χ3v) is 4.18. The maximum atomic E-state index is 12.3. The van der Waals surface area contributed by atoms with Crippen molar-refractivity contribution >= 4 is 6.09 Å². The lowest BCUT2D eigenvalue weighted by Gasteiger charge is -2.40. The fourth-order valence-electron chi connectivity index (χ4n) is 3.01. The number of alkyl halides is 3. The second-order valence-electron chi connectivity index (χ2n) is 7.63. The summed E-state index contributed by atoms with van der Waals surface area (Å²) in [5, 5.41) is 0. The van der Waals surface area contributed by atoms with E-state index in [-0.39, 0.29) is 11.8 Å². The highest BCUT2D eigenvalue weighted by atomic mass is 19.4. The minimum atomic E-state index is -4.76. The first-order valence-corrected chi connectivity index (χ1v) is 8.85. The summed E-state index contributed by atoms with van der Waals surface area (Å²) in [6.45, 7) is 16.1. The molecule has 2 unspecified atom stereocenters. The molecule has 0 spiro atoms. The van der Waals surface area contributed by atoms with E-state index >= 15 is 0 Å². The van der Waals surface area contributed by atoms with Crippen LogP contribution in [0.2, 0.25) is 0 Å². The van der Waals surface area contributed by atoms with Gasteiger partial charge in [0.15, 0.2) is 0 Å². The minimum absolute atomic E-state index is 0.119. The van der Waals surface area contributed by atoms with E-state index in [2.05, 4.69) is 9.58 Å². The predicted molar refractivity (Wildman–Crippen MR) is 96.4 cm³/mol. The minimum Gasteiger partial charge on any atom is -0.444 e. The molecule has 0 radical (unpaired) electrons. The molecular formula is C19H24F3N3O3. The van der Waals surface area contributed by atoms with E-state index in [0.29, 0.717) is 25.2 Å². The number of amides is 1. The summed E-state index contributed by atoms with van der Waals surface area (Å²) in [5.41, 5.74) is -0.0152. The molecule has 1 saturated heterocycles. The van der Waals surface area contributed by atoms with Gasteiger partial charge in [-0.3, -0.25) is 4.85 Å². The summed E-state index contributed by atoms with van der Waals surface area (Å²) in [7, 11) is 0. The SMILES string of the molecule is [C-]#[N+]C(c1ccc(OC(F)(F)F)cc1)N1CCN(C(=O)OC(C)(C)C)CC1C. The molecule has 28 heavy (non-hydrogen) atoms. The van der Waals surface area contributed by atoms with Crippen molar-refractivity contribution in [2.45, 2.75) is 51.9 Å². The van der Waals surface area contributed by atoms with Gasteiger partial charge in [0.05, 0.1) is 5.56 Å². The van der Waals surface area contributed by atoms with Gasteiger partial charge < -0.3 is 14.4 Å². The average molecular weight is 399 g/mol. The molecule has 1 heterocycles. The fraction of sp³-hybridized carbons (Fsp3) is 0.579. The molecule has 1 fully saturated rings. The van der Waals surface area contributed by atoms with Crippen LogP contribution in [-0.2, 0) is 4.74 Å². The smallest absolute Gasteiger partial charge is 0.444 e. The number of carbonyl (C=O) groups is 1. The summed E-state index contributed by atoms with van der Waals surface area (Å²) in [5.74, 6) is -0.331. The first kappa shape index (κ1) is 21.8. The molecule has 1 aromatic rings. The molecular weight excluding hydrogens is 375 g/mol. The van der Waals surface area contributed by atoms with Crippen molar-refractivity contribution in [1.29, 1.82) is 0 Å². The van der Waals surface area contributed by atoms with Gasteiger partial charge in [0.1, 0.15) is 11.4 Å². The summed E-state index contributed by atoms with van der Waals surface area (Å²) in [6.07, 6.45) is -5.81. The van der Waals surface area contributed by atoms with E-state index in [1.807, 2.05) is 11.8 Å². The number of halogens is 3. The Hall–Kier alpha value is -2.47. The molecule has 6 nitrogen and oxygen atoms in total. The molecule has 154 valence electrons. The van der Waals surface area contributed by atoms with Crippen LogP contribution in [0.4, 0.5) is 18.0 Å². The second kappa shape index (κ2) is 8.27. The van der Waals surface area contributed by atoms with Gasteiger partial charge in [-0.15, -0.1) is 13.2 Å². The van der Waals surface area contributed by atoms with Crippen molar-refractivity contribution in [3.8, 4) is 5.75 Å². The highest BCUT2D eigenvalue weighted by Crippen LogP contribution is 2.30. The molecule has 2 atom stereocenters. The van der Waals surface area contributed by atoms with Crippen molar-refractivity contribution in [2.24, 2.45) is 0 Å². The average Bonchev–Trinajstić information content (AvgIpc) is 2.55. The van der Waals surface area contributed by atoms with Crippen LogP contribution in [0.1, 0.15) is 39.4 Å². The van der Waals surface area contributed by atoms with Gasteiger partial charge in [0.25, 0.3) is 0 Å². The van der Waals surface area contributed by atoms with Crippen molar-refractivity contribution in [2.75, 3.05) is 19.6 Å². The molecule has 0 saturated carbocycles. The summed E-state index contributed by atoms with van der Waals surface area (Å²) in [6, 6.07) is 5.19. The Kier molecular flexibility index (Phi) is 6.44. The molecule has 1 aliphatic rings. The van der Waals surface area contributed by atoms with Crippen LogP contribution >= 0.6 is 0 Å². The molecule has 1 amide bonds. The Morgan fingerprint density at radius 2 is 1.82 bits per heavy atom. The van der Waals surface area contributed by atoms with Gasteiger partial charge in [0.2, 0.25) is 0 Å². The quantitative estimate of drug-likeness (QED) is 0.705. The third kappa shape index (κ3) is 6.02. The van der Waals surface area contributed by atoms with Gasteiger partial charge >= 0.3 is 18.6 Å². The molecule has 0 N–H and O–H groups in total. The topological polar surface area (TPSA) is 46.4 Å². The van der Waals surface area contributed by atoms with Crippen LogP contribution in [0.15, 0.2) is 24.3 Å². The van der Waals surface area contributed by atoms with Crippen molar-refractivity contribution < 1.29 is 27.4 Å². The number of benzene rings is 1. The molecule has 0 bridgehead atoms. The van der Waals surface area contributed by atoms with E-state index in [1.165, 1.54) is 24.3 Å². The van der Waals surface area contributed by atoms with E-state index in [0.717, 1.165) is 0 Å². The van der Waals surface area contributed by atoms with Crippen LogP contribution in [-0.4, -0.2) is 53.5 Å². The zero-order valence-electron chi connectivity index (χ0n) is 16.3. The van der Waals surface area contributed by atoms with Gasteiger partial charge in [-0.05, 0) is 52.0 Å². The van der Waals surface area contributed by atoms with Crippen molar-refractivity contribution in [1.82, 2.24) is 9.80 Å². The van der Waals surface area contributed by atoms with Crippen LogP contribution in [0.3, 0.4) is 0 Å². The molecule has 0 aliphatic carbocycles. The Balaban J connectivity index is 2.06. The molecule has 0 aromatic heterocycles. The lowest BCUT2D eigenvalue weighted by molar-refractivity contribution is -0.274. The lowest BCUT2D eigenvalue weighted by atomic mass is 10.1. The maximum absolute atomic E-state index is 12.3. The predicted octanol–water partition coefficient (Wildman–Crippen LogP) is 4.44. The normalized spacial score (nSPS) is 19.6. The van der Waals surface area contributed by atoms with Crippen LogP contribution in [0, 0.1) is 6.57 Å². The summed E-state index contributed by atoms with van der Waals surface area (Å²) < 4.78 is 46.1. The number of ether oxygens (including phenoxy) is 2. The van der Waals surface area contributed by atoms with Crippen LogP contribution in [0.5, 0.6) is 5.75 Å². The van der Waals surface area contributed by atoms with E-state index in [9.17, 15) is 18.0 Å². The zero-order chi connectivity index (χ0) is 21.1. The highest BCUT2D eigenvalue weighted by molar-refractivity contribution is 5.68. The molecule has 1 aliphatic heterocycles. The van der Waals surface area contributed by atoms with E-state index < -0.39 is 24.2 Å². The van der Waals surface area contributed by atoms with E-state index in [1.54, 1.807) is 25.7 Å². The van der Waals surface area contributed by atoms with Gasteiger partial charge in [0, 0.05) is 25.7 Å². The summed E-state index contributed by atoms with van der Waals surface area (Å²) >= 11 is 0. The number of piperazine rings is 1. The number of rotatable bonds is 3. The molecule has 2 rings (SSSR count). The van der Waals surface area contributed by atoms with Crippen molar-refractivity contribution in [3.63, 3.8) is 0 Å². The standard InChI is InChI=1S/C19H24F3N3O3/c1-13-12-24(17(26)28-18(2,3)4)10-11-25(13)16(23-5)14-6-8-15(9-7-14)27-19(20,21)22/h6-9,13,16H,10-12H2,1-4H3. The number of carbonyl (C=O) groups excluding carboxylic acids is 1. The van der Waals surface area contributed by atoms with Crippen LogP contribution in [0.25, 0.3) is 4.85 Å². The Bertz CT molecular complexity index is 723. The summed E-state index contributed by atoms with van der Waals surface area (Å²) in [4.78, 5) is 19.4. The Morgan fingerprint density at radius 1 is 1.21 bits per heavy atom. The fourth-order valence-corrected chi connectivity index (χ4v) is 3.01. The Labute approximate surface area is 162 Å². The third-order valence-electron chi connectivity index (χ3n) is 4.18. The monoisotopic (exact) mass is 399 g/mol. The number of hydrogen-bond donors (Lipinski definition) is 0. The largest absolute Gasteiger partial charge is 0.573 e. The number of nitrogens with zero attached hydrogens (tertiary/aromatic N) is 3. The van der Waals surface area contributed by atoms with Gasteiger partial charge in [-0.2, -0.15) is 0 Å². The first-order valence-electron chi connectivity index (χ1n) is 8.85. The highest BCUT2D eigenvalue weighted by Gasteiger charge is 2.37. The zero-order valence-corrected chi connectivity index (χ0v) is 16.3. The Morgan fingerprint density at radius 3 is 2.29 bits per heavy atom.